The molecule has 96 valence electrons. The maximum Gasteiger partial charge on any atom is 0.340 e. The van der Waals surface area contributed by atoms with E-state index >= 15 is 0 Å². The van der Waals surface area contributed by atoms with Gasteiger partial charge in [-0.15, -0.1) is 0 Å². The van der Waals surface area contributed by atoms with Crippen LogP contribution in [0, 0.1) is 5.82 Å². The van der Waals surface area contributed by atoms with Crippen molar-refractivity contribution in [2.24, 2.45) is 0 Å². The molecule has 1 aromatic carbocycles. The molecule has 0 amide bonds. The van der Waals surface area contributed by atoms with Crippen LogP contribution in [0.1, 0.15) is 10.4 Å². The summed E-state index contributed by atoms with van der Waals surface area (Å²) in [7, 11) is -3.24. The molecular formula is C11H10FNO4S. The summed E-state index contributed by atoms with van der Waals surface area (Å²) in [5.74, 6) is -2.43. The molecule has 0 saturated heterocycles. The van der Waals surface area contributed by atoms with E-state index < -0.39 is 33.2 Å². The summed E-state index contributed by atoms with van der Waals surface area (Å²) in [6.07, 6.45) is 1.41. The fourth-order valence-electron chi connectivity index (χ4n) is 1.73. The van der Waals surface area contributed by atoms with E-state index in [1.807, 2.05) is 0 Å². The van der Waals surface area contributed by atoms with Gasteiger partial charge in [0.05, 0.1) is 17.5 Å². The molecule has 1 aliphatic rings. The van der Waals surface area contributed by atoms with E-state index in [0.29, 0.717) is 0 Å². The second kappa shape index (κ2) is 4.41. The van der Waals surface area contributed by atoms with Crippen molar-refractivity contribution in [1.82, 2.24) is 0 Å². The maximum absolute atomic E-state index is 13.4. The van der Waals surface area contributed by atoms with Crippen molar-refractivity contribution in [1.29, 1.82) is 0 Å². The van der Waals surface area contributed by atoms with Gasteiger partial charge in [-0.05, 0) is 12.1 Å². The third-order valence-electron chi connectivity index (χ3n) is 2.50. The fourth-order valence-corrected chi connectivity index (χ4v) is 2.96. The maximum atomic E-state index is 13.4. The molecule has 18 heavy (non-hydrogen) atoms. The number of hydrogen-bond acceptors (Lipinski definition) is 4. The number of hydrogen-bond donors (Lipinski definition) is 2. The van der Waals surface area contributed by atoms with Crippen molar-refractivity contribution in [3.05, 3.63) is 41.1 Å². The Labute approximate surface area is 103 Å². The predicted octanol–water partition coefficient (Wildman–Crippen LogP) is 1.25. The molecule has 0 radical (unpaired) electrons. The Balaban J connectivity index is 2.28. The van der Waals surface area contributed by atoms with Gasteiger partial charge in [0, 0.05) is 5.41 Å². The SMILES string of the molecule is O=C(O)c1c(F)cccc1NC1C=CS(=O)(=O)C1. The molecular weight excluding hydrogens is 261 g/mol. The lowest BCUT2D eigenvalue weighted by molar-refractivity contribution is 0.0693. The number of halogens is 1. The van der Waals surface area contributed by atoms with Crippen LogP contribution in [-0.2, 0) is 9.84 Å². The first-order valence-corrected chi connectivity index (χ1v) is 6.80. The van der Waals surface area contributed by atoms with E-state index in [-0.39, 0.29) is 11.4 Å². The number of rotatable bonds is 3. The van der Waals surface area contributed by atoms with Crippen LogP contribution in [-0.4, -0.2) is 31.3 Å². The molecule has 0 saturated carbocycles. The summed E-state index contributed by atoms with van der Waals surface area (Å²) >= 11 is 0. The van der Waals surface area contributed by atoms with Gasteiger partial charge in [0.2, 0.25) is 0 Å². The first-order valence-electron chi connectivity index (χ1n) is 5.08. The van der Waals surface area contributed by atoms with Crippen molar-refractivity contribution in [3.8, 4) is 0 Å². The van der Waals surface area contributed by atoms with Crippen LogP contribution >= 0.6 is 0 Å². The van der Waals surface area contributed by atoms with Gasteiger partial charge >= 0.3 is 5.97 Å². The standard InChI is InChI=1S/C11H10FNO4S/c12-8-2-1-3-9(10(8)11(14)15)13-7-4-5-18(16,17)6-7/h1-5,7,13H,6H2,(H,14,15). The fraction of sp³-hybridized carbons (Fsp3) is 0.182. The highest BCUT2D eigenvalue weighted by Gasteiger charge is 2.24. The second-order valence-corrected chi connectivity index (χ2v) is 5.81. The van der Waals surface area contributed by atoms with Crippen LogP contribution in [0.5, 0.6) is 0 Å². The Morgan fingerprint density at radius 1 is 1.44 bits per heavy atom. The molecule has 1 aliphatic heterocycles. The molecule has 0 bridgehead atoms. The number of anilines is 1. The molecule has 0 aliphatic carbocycles. The van der Waals surface area contributed by atoms with Gasteiger partial charge in [-0.1, -0.05) is 12.1 Å². The van der Waals surface area contributed by atoms with Crippen LogP contribution in [0.15, 0.2) is 29.7 Å². The zero-order chi connectivity index (χ0) is 13.3. The minimum atomic E-state index is -3.24. The Morgan fingerprint density at radius 3 is 2.72 bits per heavy atom. The quantitative estimate of drug-likeness (QED) is 0.864. The lowest BCUT2D eigenvalue weighted by atomic mass is 10.1. The van der Waals surface area contributed by atoms with Crippen molar-refractivity contribution in [3.63, 3.8) is 0 Å². The summed E-state index contributed by atoms with van der Waals surface area (Å²) in [6.45, 7) is 0. The molecule has 0 fully saturated rings. The molecule has 5 nitrogen and oxygen atoms in total. The number of benzene rings is 1. The van der Waals surface area contributed by atoms with Gasteiger partial charge in [0.1, 0.15) is 11.4 Å². The molecule has 1 atom stereocenters. The molecule has 1 aromatic rings. The molecule has 1 unspecified atom stereocenters. The number of carboxylic acids is 1. The van der Waals surface area contributed by atoms with Crippen molar-refractivity contribution < 1.29 is 22.7 Å². The second-order valence-electron chi connectivity index (χ2n) is 3.88. The number of aromatic carboxylic acids is 1. The zero-order valence-electron chi connectivity index (χ0n) is 9.13. The van der Waals surface area contributed by atoms with Crippen LogP contribution in [0.3, 0.4) is 0 Å². The van der Waals surface area contributed by atoms with Gasteiger partial charge in [0.15, 0.2) is 9.84 Å². The average molecular weight is 271 g/mol. The molecule has 2 N–H and O–H groups in total. The predicted molar refractivity (Wildman–Crippen MR) is 63.7 cm³/mol. The average Bonchev–Trinajstić information content (AvgIpc) is 2.57. The summed E-state index contributed by atoms with van der Waals surface area (Å²) < 4.78 is 35.8. The third-order valence-corrected chi connectivity index (χ3v) is 3.89. The van der Waals surface area contributed by atoms with E-state index in [4.69, 9.17) is 5.11 Å². The highest BCUT2D eigenvalue weighted by atomic mass is 32.2. The number of carbonyl (C=O) groups is 1. The first-order chi connectivity index (χ1) is 8.39. The largest absolute Gasteiger partial charge is 0.478 e. The van der Waals surface area contributed by atoms with E-state index in [2.05, 4.69) is 5.32 Å². The monoisotopic (exact) mass is 271 g/mol. The highest BCUT2D eigenvalue weighted by molar-refractivity contribution is 7.94. The van der Waals surface area contributed by atoms with Crippen molar-refractivity contribution in [2.45, 2.75) is 6.04 Å². The van der Waals surface area contributed by atoms with E-state index in [1.165, 1.54) is 18.2 Å². The first kappa shape index (κ1) is 12.6. The summed E-state index contributed by atoms with van der Waals surface area (Å²) in [4.78, 5) is 10.9. The Bertz CT molecular complexity index is 624. The smallest absolute Gasteiger partial charge is 0.340 e. The zero-order valence-corrected chi connectivity index (χ0v) is 9.95. The topological polar surface area (TPSA) is 83.5 Å². The van der Waals surface area contributed by atoms with Crippen LogP contribution in [0.25, 0.3) is 0 Å². The normalized spacial score (nSPS) is 20.8. The van der Waals surface area contributed by atoms with Crippen LogP contribution in [0.4, 0.5) is 10.1 Å². The van der Waals surface area contributed by atoms with E-state index in [9.17, 15) is 17.6 Å². The Morgan fingerprint density at radius 2 is 2.17 bits per heavy atom. The molecule has 2 rings (SSSR count). The van der Waals surface area contributed by atoms with Gasteiger partial charge < -0.3 is 10.4 Å². The minimum absolute atomic E-state index is 0.0641. The van der Waals surface area contributed by atoms with Crippen molar-refractivity contribution in [2.75, 3.05) is 11.1 Å². The summed E-state index contributed by atoms with van der Waals surface area (Å²) in [5, 5.41) is 12.7. The Hall–Kier alpha value is -1.89. The van der Waals surface area contributed by atoms with Gasteiger partial charge in [-0.25, -0.2) is 17.6 Å². The molecule has 7 heteroatoms. The number of carboxylic acid groups (broad SMARTS) is 1. The van der Waals surface area contributed by atoms with Gasteiger partial charge in [-0.3, -0.25) is 0 Å². The summed E-state index contributed by atoms with van der Waals surface area (Å²) in [6, 6.07) is 3.24. The number of sulfone groups is 1. The van der Waals surface area contributed by atoms with Crippen molar-refractivity contribution >= 4 is 21.5 Å². The van der Waals surface area contributed by atoms with Gasteiger partial charge in [0.25, 0.3) is 0 Å². The van der Waals surface area contributed by atoms with E-state index in [0.717, 1.165) is 11.5 Å². The van der Waals surface area contributed by atoms with Crippen LogP contribution in [0.2, 0.25) is 0 Å². The Kier molecular flexibility index (Phi) is 3.08. The molecule has 1 heterocycles. The van der Waals surface area contributed by atoms with Gasteiger partial charge in [-0.2, -0.15) is 0 Å². The lowest BCUT2D eigenvalue weighted by Gasteiger charge is -2.14. The minimum Gasteiger partial charge on any atom is -0.478 e. The number of nitrogens with one attached hydrogen (secondary N) is 1. The lowest BCUT2D eigenvalue weighted by Crippen LogP contribution is -2.22. The molecule has 0 spiro atoms. The molecule has 0 aromatic heterocycles. The highest BCUT2D eigenvalue weighted by Crippen LogP contribution is 2.22. The summed E-state index contributed by atoms with van der Waals surface area (Å²) in [5.41, 5.74) is -0.426. The van der Waals surface area contributed by atoms with E-state index in [1.54, 1.807) is 0 Å². The van der Waals surface area contributed by atoms with Crippen LogP contribution < -0.4 is 5.32 Å². The third kappa shape index (κ3) is 2.51.